The Labute approximate surface area is 166 Å². The quantitative estimate of drug-likeness (QED) is 0.548. The van der Waals surface area contributed by atoms with Crippen molar-refractivity contribution in [3.05, 3.63) is 70.8 Å². The Hall–Kier alpha value is -2.30. The van der Waals surface area contributed by atoms with Crippen molar-refractivity contribution in [2.24, 2.45) is 0 Å². The molecule has 148 valence electrons. The summed E-state index contributed by atoms with van der Waals surface area (Å²) in [5.74, 6) is -0.147. The van der Waals surface area contributed by atoms with Gasteiger partial charge in [0.25, 0.3) is 0 Å². The van der Waals surface area contributed by atoms with E-state index in [0.717, 1.165) is 36.9 Å². The van der Waals surface area contributed by atoms with E-state index in [1.165, 1.54) is 11.1 Å². The fourth-order valence-corrected chi connectivity index (χ4v) is 2.99. The lowest BCUT2D eigenvalue weighted by atomic mass is 9.96. The molecule has 2 fully saturated rings. The Morgan fingerprint density at radius 1 is 0.714 bits per heavy atom. The van der Waals surface area contributed by atoms with Crippen LogP contribution in [-0.2, 0) is 30.3 Å². The number of benzene rings is 2. The van der Waals surface area contributed by atoms with Gasteiger partial charge in [0.15, 0.2) is 0 Å². The number of epoxide rings is 2. The van der Waals surface area contributed by atoms with Crippen molar-refractivity contribution in [2.45, 2.75) is 50.7 Å². The van der Waals surface area contributed by atoms with Crippen LogP contribution < -0.4 is 0 Å². The first kappa shape index (κ1) is 20.4. The predicted octanol–water partition coefficient (Wildman–Crippen LogP) is 4.47. The molecule has 0 aromatic heterocycles. The lowest BCUT2D eigenvalue weighted by molar-refractivity contribution is -0.109. The topological polar surface area (TPSA) is 59.2 Å². The molecule has 4 unspecified atom stereocenters. The van der Waals surface area contributed by atoms with Gasteiger partial charge in [-0.2, -0.15) is 0 Å². The maximum atomic E-state index is 10.5. The number of carbonyl (C=O) groups excluding carboxylic acids is 2. The molecule has 0 radical (unpaired) electrons. The van der Waals surface area contributed by atoms with Crippen molar-refractivity contribution in [1.82, 2.24) is 0 Å². The zero-order valence-electron chi connectivity index (χ0n) is 17.0. The van der Waals surface area contributed by atoms with Crippen molar-refractivity contribution in [2.75, 3.05) is 13.2 Å². The summed E-state index contributed by atoms with van der Waals surface area (Å²) in [5, 5.41) is 0. The molecule has 2 aliphatic rings. The fraction of sp³-hybridized carbons (Fsp3) is 0.417. The van der Waals surface area contributed by atoms with Gasteiger partial charge in [-0.1, -0.05) is 62.4 Å². The van der Waals surface area contributed by atoms with Gasteiger partial charge in [-0.05, 0) is 36.1 Å². The molecule has 4 nitrogen and oxygen atoms in total. The number of hydrogen-bond acceptors (Lipinski definition) is 4. The Kier molecular flexibility index (Phi) is 5.82. The Morgan fingerprint density at radius 2 is 1.00 bits per heavy atom. The van der Waals surface area contributed by atoms with Gasteiger partial charge in [0.05, 0.1) is 13.2 Å². The third-order valence-electron chi connectivity index (χ3n) is 5.66. The summed E-state index contributed by atoms with van der Waals surface area (Å²) in [6.07, 6.45) is 1.83. The maximum absolute atomic E-state index is 10.5. The fourth-order valence-electron chi connectivity index (χ4n) is 2.99. The van der Waals surface area contributed by atoms with Crippen molar-refractivity contribution in [3.63, 3.8) is 0 Å². The van der Waals surface area contributed by atoms with Crippen LogP contribution in [0.5, 0.6) is 0 Å². The minimum atomic E-state index is -0.0735. The third-order valence-corrected chi connectivity index (χ3v) is 5.66. The molecule has 0 aliphatic carbocycles. The summed E-state index contributed by atoms with van der Waals surface area (Å²) in [6.45, 7) is 9.64. The standard InChI is InChI=1S/2C12H14O2/c1-11(7-13-11)9-3-5-10(6-4-9)12(2)8-14-12;1-9(7-13)11-3-5-12(6-4-11)10(2)8-14/h3-6H,7-8H2,1-2H3;3-10H,1-2H3. The molecule has 0 amide bonds. The SMILES string of the molecule is CC(C=O)c1ccc(C(C)C=O)cc1.CC1(c2ccc(C3(C)CO3)cc2)CO1. The molecule has 0 N–H and O–H groups in total. The number of hydrogen-bond donors (Lipinski definition) is 0. The molecule has 2 aromatic carbocycles. The van der Waals surface area contributed by atoms with E-state index in [0.29, 0.717) is 0 Å². The number of carbonyl (C=O) groups is 2. The van der Waals surface area contributed by atoms with Gasteiger partial charge in [0.1, 0.15) is 23.8 Å². The first-order chi connectivity index (χ1) is 13.3. The highest BCUT2D eigenvalue weighted by Crippen LogP contribution is 2.41. The van der Waals surface area contributed by atoms with Crippen LogP contribution in [0.4, 0.5) is 0 Å². The first-order valence-electron chi connectivity index (χ1n) is 9.71. The van der Waals surface area contributed by atoms with Crippen molar-refractivity contribution in [1.29, 1.82) is 0 Å². The predicted molar refractivity (Wildman–Crippen MR) is 108 cm³/mol. The van der Waals surface area contributed by atoms with Crippen molar-refractivity contribution in [3.8, 4) is 0 Å². The van der Waals surface area contributed by atoms with E-state index < -0.39 is 0 Å². The molecule has 4 heteroatoms. The van der Waals surface area contributed by atoms with E-state index in [1.807, 2.05) is 38.1 Å². The van der Waals surface area contributed by atoms with E-state index in [1.54, 1.807) is 0 Å². The zero-order valence-corrected chi connectivity index (χ0v) is 17.0. The van der Waals surface area contributed by atoms with Gasteiger partial charge in [-0.15, -0.1) is 0 Å². The molecule has 2 aliphatic heterocycles. The summed E-state index contributed by atoms with van der Waals surface area (Å²) in [5.41, 5.74) is 4.49. The summed E-state index contributed by atoms with van der Waals surface area (Å²) >= 11 is 0. The maximum Gasteiger partial charge on any atom is 0.127 e. The van der Waals surface area contributed by atoms with Crippen LogP contribution in [0.15, 0.2) is 48.5 Å². The molecule has 28 heavy (non-hydrogen) atoms. The molecular weight excluding hydrogens is 352 g/mol. The number of ether oxygens (including phenoxy) is 2. The van der Waals surface area contributed by atoms with Crippen LogP contribution in [0, 0.1) is 0 Å². The van der Waals surface area contributed by atoms with E-state index >= 15 is 0 Å². The second kappa shape index (κ2) is 7.98. The highest BCUT2D eigenvalue weighted by atomic mass is 16.6. The molecular formula is C24H28O4. The minimum Gasteiger partial charge on any atom is -0.365 e. The van der Waals surface area contributed by atoms with Crippen molar-refractivity contribution >= 4 is 12.6 Å². The van der Waals surface area contributed by atoms with Gasteiger partial charge < -0.3 is 19.1 Å². The van der Waals surface area contributed by atoms with Crippen LogP contribution in [0.25, 0.3) is 0 Å². The summed E-state index contributed by atoms with van der Waals surface area (Å²) < 4.78 is 10.8. The highest BCUT2D eigenvalue weighted by Gasteiger charge is 2.43. The van der Waals surface area contributed by atoms with Gasteiger partial charge in [-0.25, -0.2) is 0 Å². The summed E-state index contributed by atoms with van der Waals surface area (Å²) in [6, 6.07) is 16.2. The van der Waals surface area contributed by atoms with Crippen LogP contribution >= 0.6 is 0 Å². The molecule has 4 atom stereocenters. The monoisotopic (exact) mass is 380 g/mol. The first-order valence-corrected chi connectivity index (χ1v) is 9.71. The average molecular weight is 380 g/mol. The minimum absolute atomic E-state index is 0.0101. The van der Waals surface area contributed by atoms with Crippen LogP contribution in [-0.4, -0.2) is 25.8 Å². The summed E-state index contributed by atoms with van der Waals surface area (Å²) in [7, 11) is 0. The van der Waals surface area contributed by atoms with Gasteiger partial charge in [-0.3, -0.25) is 0 Å². The van der Waals surface area contributed by atoms with Crippen molar-refractivity contribution < 1.29 is 19.1 Å². The smallest absolute Gasteiger partial charge is 0.127 e. The second-order valence-corrected chi connectivity index (χ2v) is 8.13. The molecule has 0 bridgehead atoms. The number of rotatable bonds is 6. The zero-order chi connectivity index (χ0) is 20.4. The normalized spacial score (nSPS) is 27.0. The highest BCUT2D eigenvalue weighted by molar-refractivity contribution is 5.63. The molecule has 2 heterocycles. The molecule has 0 saturated carbocycles. The average Bonchev–Trinajstić information content (AvgIpc) is 3.66. The Bertz CT molecular complexity index is 745. The van der Waals surface area contributed by atoms with Gasteiger partial charge in [0.2, 0.25) is 0 Å². The van der Waals surface area contributed by atoms with Crippen LogP contribution in [0.2, 0.25) is 0 Å². The largest absolute Gasteiger partial charge is 0.365 e. The Morgan fingerprint density at radius 3 is 1.21 bits per heavy atom. The van der Waals surface area contributed by atoms with E-state index in [4.69, 9.17) is 9.47 Å². The summed E-state index contributed by atoms with van der Waals surface area (Å²) in [4.78, 5) is 21.0. The Balaban J connectivity index is 0.000000161. The van der Waals surface area contributed by atoms with Gasteiger partial charge in [0, 0.05) is 11.8 Å². The third kappa shape index (κ3) is 4.57. The second-order valence-electron chi connectivity index (χ2n) is 8.13. The lowest BCUT2D eigenvalue weighted by Crippen LogP contribution is -2.05. The van der Waals surface area contributed by atoms with Gasteiger partial charge >= 0.3 is 0 Å². The number of aldehydes is 2. The van der Waals surface area contributed by atoms with Crippen LogP contribution in [0.1, 0.15) is 61.8 Å². The molecule has 4 rings (SSSR count). The van der Waals surface area contributed by atoms with E-state index in [-0.39, 0.29) is 23.0 Å². The van der Waals surface area contributed by atoms with Crippen LogP contribution in [0.3, 0.4) is 0 Å². The molecule has 0 spiro atoms. The van der Waals surface area contributed by atoms with E-state index in [9.17, 15) is 9.59 Å². The molecule has 2 saturated heterocycles. The molecule has 2 aromatic rings. The van der Waals surface area contributed by atoms with E-state index in [2.05, 4.69) is 38.1 Å². The lowest BCUT2D eigenvalue weighted by Gasteiger charge is -2.09.